The summed E-state index contributed by atoms with van der Waals surface area (Å²) in [7, 11) is 0. The first-order chi connectivity index (χ1) is 14.2. The van der Waals surface area contributed by atoms with E-state index in [-0.39, 0.29) is 12.2 Å². The molecule has 1 aliphatic rings. The van der Waals surface area contributed by atoms with Gasteiger partial charge in [-0.25, -0.2) is 10.4 Å². The molecular formula is C22H21N3O4. The minimum Gasteiger partial charge on any atom is -0.494 e. The topological polar surface area (TPSA) is 89.3 Å². The number of unbranched alkanes of at least 4 members (excludes halogenated alkanes) is 1. The standard InChI is InChI=1S/C22H21N3O4/c1-2-3-12-28-18-8-10-19(11-9-18)29-15-21(26)25-23-14-17-13-16-6-4-5-7-20(16)24-22(17)27/h4-11,13H,2-3,12,15H2,1H3,(H,25,26). The number of carbonyl (C=O) groups is 2. The van der Waals surface area contributed by atoms with Gasteiger partial charge in [-0.15, -0.1) is 5.10 Å². The zero-order valence-electron chi connectivity index (χ0n) is 16.1. The first-order valence-corrected chi connectivity index (χ1v) is 9.33. The first kappa shape index (κ1) is 20.0. The molecule has 1 N–H and O–H groups in total. The highest BCUT2D eigenvalue weighted by molar-refractivity contribution is 6.10. The third-order valence-corrected chi connectivity index (χ3v) is 4.01. The summed E-state index contributed by atoms with van der Waals surface area (Å²) in [6.07, 6.45) is 3.70. The van der Waals surface area contributed by atoms with E-state index in [1.54, 1.807) is 42.5 Å². The molecule has 0 saturated carbocycles. The Bertz CT molecular complexity index is 1070. The van der Waals surface area contributed by atoms with E-state index in [9.17, 15) is 9.59 Å². The van der Waals surface area contributed by atoms with E-state index in [1.807, 2.05) is 12.1 Å². The van der Waals surface area contributed by atoms with Crippen molar-refractivity contribution in [3.63, 3.8) is 0 Å². The Morgan fingerprint density at radius 3 is 2.59 bits per heavy atom. The van der Waals surface area contributed by atoms with E-state index in [4.69, 9.17) is 9.47 Å². The highest BCUT2D eigenvalue weighted by Crippen LogP contribution is 2.17. The Morgan fingerprint density at radius 1 is 1.10 bits per heavy atom. The van der Waals surface area contributed by atoms with Crippen molar-refractivity contribution < 1.29 is 19.1 Å². The van der Waals surface area contributed by atoms with E-state index in [2.05, 4.69) is 28.3 Å². The maximum Gasteiger partial charge on any atom is 0.287 e. The van der Waals surface area contributed by atoms with Gasteiger partial charge in [0.1, 0.15) is 17.1 Å². The minimum absolute atomic E-state index is 0.170. The van der Waals surface area contributed by atoms with Crippen LogP contribution < -0.4 is 25.5 Å². The van der Waals surface area contributed by atoms with E-state index >= 15 is 0 Å². The fourth-order valence-corrected chi connectivity index (χ4v) is 2.48. The molecule has 1 heterocycles. The van der Waals surface area contributed by atoms with Crippen LogP contribution in [0, 0.1) is 0 Å². The number of rotatable bonds is 8. The molecule has 2 amide bonds. The van der Waals surface area contributed by atoms with Gasteiger partial charge in [0.25, 0.3) is 11.8 Å². The number of nitrogens with one attached hydrogen (secondary N) is 1. The molecule has 2 aromatic rings. The lowest BCUT2D eigenvalue weighted by Gasteiger charge is -2.07. The lowest BCUT2D eigenvalue weighted by molar-refractivity contribution is -0.123. The third-order valence-electron chi connectivity index (χ3n) is 4.01. The van der Waals surface area contributed by atoms with Gasteiger partial charge in [-0.3, -0.25) is 9.59 Å². The van der Waals surface area contributed by atoms with Crippen LogP contribution in [0.15, 0.2) is 64.2 Å². The zero-order chi connectivity index (χ0) is 20.5. The Morgan fingerprint density at radius 2 is 1.83 bits per heavy atom. The number of nitrogens with zero attached hydrogens (tertiary/aromatic N) is 2. The molecule has 7 nitrogen and oxygen atoms in total. The van der Waals surface area contributed by atoms with Crippen LogP contribution in [0.3, 0.4) is 0 Å². The second-order valence-electron chi connectivity index (χ2n) is 6.25. The number of ether oxygens (including phenoxy) is 2. The number of carbonyl (C=O) groups excluding carboxylic acids is 2. The average Bonchev–Trinajstić information content (AvgIpc) is 2.74. The van der Waals surface area contributed by atoms with E-state index in [0.717, 1.165) is 23.8 Å². The molecule has 0 unspecified atom stereocenters. The van der Waals surface area contributed by atoms with Crippen molar-refractivity contribution in [2.75, 3.05) is 13.2 Å². The molecular weight excluding hydrogens is 370 g/mol. The maximum atomic E-state index is 11.9. The van der Waals surface area contributed by atoms with Crippen LogP contribution >= 0.6 is 0 Å². The number of benzene rings is 2. The molecule has 2 aromatic carbocycles. The fraction of sp³-hybridized carbons (Fsp3) is 0.227. The van der Waals surface area contributed by atoms with Gasteiger partial charge < -0.3 is 9.47 Å². The molecule has 0 spiro atoms. The smallest absolute Gasteiger partial charge is 0.287 e. The van der Waals surface area contributed by atoms with Crippen molar-refractivity contribution in [3.05, 3.63) is 64.7 Å². The van der Waals surface area contributed by atoms with Crippen molar-refractivity contribution in [1.82, 2.24) is 5.43 Å². The first-order valence-electron chi connectivity index (χ1n) is 9.33. The third kappa shape index (κ3) is 5.89. The summed E-state index contributed by atoms with van der Waals surface area (Å²) in [5.41, 5.74) is 2.45. The largest absolute Gasteiger partial charge is 0.494 e. The molecule has 1 aliphatic heterocycles. The predicted octanol–water partition coefficient (Wildman–Crippen LogP) is 1.51. The average molecular weight is 391 g/mol. The number of hydrazone groups is 1. The number of fused-ring (bicyclic) bond motifs is 1. The van der Waals surface area contributed by atoms with Gasteiger partial charge in [0.2, 0.25) is 0 Å². The molecule has 0 fully saturated rings. The van der Waals surface area contributed by atoms with Crippen LogP contribution in [0.4, 0.5) is 0 Å². The van der Waals surface area contributed by atoms with Crippen molar-refractivity contribution in [2.24, 2.45) is 10.1 Å². The van der Waals surface area contributed by atoms with E-state index < -0.39 is 11.8 Å². The fourth-order valence-electron chi connectivity index (χ4n) is 2.48. The van der Waals surface area contributed by atoms with Crippen molar-refractivity contribution >= 4 is 23.8 Å². The molecule has 0 atom stereocenters. The minimum atomic E-state index is -0.470. The highest BCUT2D eigenvalue weighted by atomic mass is 16.5. The van der Waals surface area contributed by atoms with Crippen LogP contribution in [0.1, 0.15) is 19.8 Å². The Kier molecular flexibility index (Phi) is 6.92. The predicted molar refractivity (Wildman–Crippen MR) is 108 cm³/mol. The van der Waals surface area contributed by atoms with E-state index in [0.29, 0.717) is 17.7 Å². The van der Waals surface area contributed by atoms with Crippen molar-refractivity contribution in [1.29, 1.82) is 0 Å². The Labute approximate surface area is 168 Å². The molecule has 0 aromatic heterocycles. The van der Waals surface area contributed by atoms with Crippen LogP contribution in [-0.2, 0) is 9.59 Å². The van der Waals surface area contributed by atoms with Gasteiger partial charge in [0, 0.05) is 11.1 Å². The Hall–Kier alpha value is -3.70. The second-order valence-corrected chi connectivity index (χ2v) is 6.25. The molecule has 7 heteroatoms. The molecule has 0 aliphatic carbocycles. The summed E-state index contributed by atoms with van der Waals surface area (Å²) in [4.78, 5) is 27.8. The van der Waals surface area contributed by atoms with Gasteiger partial charge in [0.05, 0.1) is 12.0 Å². The summed E-state index contributed by atoms with van der Waals surface area (Å²) in [6, 6.07) is 14.3. The summed E-state index contributed by atoms with van der Waals surface area (Å²) < 4.78 is 11.0. The van der Waals surface area contributed by atoms with Gasteiger partial charge >= 0.3 is 0 Å². The van der Waals surface area contributed by atoms with Crippen molar-refractivity contribution in [3.8, 4) is 11.5 Å². The maximum absolute atomic E-state index is 11.9. The molecule has 0 bridgehead atoms. The zero-order valence-corrected chi connectivity index (χ0v) is 16.1. The lowest BCUT2D eigenvalue weighted by atomic mass is 10.1. The summed E-state index contributed by atoms with van der Waals surface area (Å²) in [6.45, 7) is 2.55. The molecule has 0 saturated heterocycles. The van der Waals surface area contributed by atoms with Gasteiger partial charge in [0.15, 0.2) is 6.61 Å². The quantitative estimate of drug-likeness (QED) is 0.320. The normalized spacial score (nSPS) is 12.0. The van der Waals surface area contributed by atoms with Crippen molar-refractivity contribution in [2.45, 2.75) is 19.8 Å². The highest BCUT2D eigenvalue weighted by Gasteiger charge is 2.09. The molecule has 0 radical (unpaired) electrons. The summed E-state index contributed by atoms with van der Waals surface area (Å²) in [5.74, 6) is 2.88. The van der Waals surface area contributed by atoms with E-state index in [1.165, 1.54) is 0 Å². The van der Waals surface area contributed by atoms with Crippen LogP contribution in [0.5, 0.6) is 11.5 Å². The number of amides is 2. The number of hydrogen-bond acceptors (Lipinski definition) is 5. The number of hydrogen-bond donors (Lipinski definition) is 1. The van der Waals surface area contributed by atoms with Crippen LogP contribution in [-0.4, -0.2) is 30.9 Å². The summed E-state index contributed by atoms with van der Waals surface area (Å²) in [5, 5.41) is 5.08. The van der Waals surface area contributed by atoms with Gasteiger partial charge in [-0.05, 0) is 42.8 Å². The molecule has 29 heavy (non-hydrogen) atoms. The van der Waals surface area contributed by atoms with Gasteiger partial charge in [-0.2, -0.15) is 0 Å². The SMILES string of the molecule is CCCCOc1ccc(OCC(=O)NN=C=C2C=c3ccccc3=NC2=O)cc1. The summed E-state index contributed by atoms with van der Waals surface area (Å²) >= 11 is 0. The molecule has 3 rings (SSSR count). The van der Waals surface area contributed by atoms with Crippen LogP contribution in [0.25, 0.3) is 6.08 Å². The lowest BCUT2D eigenvalue weighted by Crippen LogP contribution is -2.30. The number of para-hydroxylation sites is 1. The van der Waals surface area contributed by atoms with Gasteiger partial charge in [-0.1, -0.05) is 31.5 Å². The molecule has 148 valence electrons. The second kappa shape index (κ2) is 10.0. The monoisotopic (exact) mass is 391 g/mol. The Balaban J connectivity index is 1.52. The van der Waals surface area contributed by atoms with Crippen LogP contribution in [0.2, 0.25) is 0 Å².